The van der Waals surface area contributed by atoms with Crippen molar-refractivity contribution in [3.8, 4) is 5.75 Å². The zero-order chi connectivity index (χ0) is 14.1. The number of aliphatic hydroxyl groups is 1. The highest BCUT2D eigenvalue weighted by Gasteiger charge is 2.09. The molecule has 0 aliphatic carbocycles. The molecule has 0 heterocycles. The first-order valence-electron chi connectivity index (χ1n) is 6.44. The molecule has 0 aliphatic heterocycles. The van der Waals surface area contributed by atoms with Gasteiger partial charge in [0.15, 0.2) is 0 Å². The minimum atomic E-state index is -0.491. The number of hydrogen-bond acceptors (Lipinski definition) is 4. The molecule has 0 aromatic heterocycles. The van der Waals surface area contributed by atoms with Gasteiger partial charge in [-0.15, -0.1) is 0 Å². The van der Waals surface area contributed by atoms with Gasteiger partial charge >= 0.3 is 0 Å². The van der Waals surface area contributed by atoms with E-state index < -0.39 is 6.10 Å². The lowest BCUT2D eigenvalue weighted by Gasteiger charge is -2.19. The van der Waals surface area contributed by atoms with Crippen LogP contribution in [-0.4, -0.2) is 42.4 Å². The standard InChI is InChI=1S/C14H22BrNO2S/c1-3-12(10-19-2)16-8-13(17)9-18-14-6-4-5-11(15)7-14/h4-7,12-13,16-17H,3,8-10H2,1-2H3. The van der Waals surface area contributed by atoms with Crippen LogP contribution in [0.5, 0.6) is 5.75 Å². The second-order valence-corrected chi connectivity index (χ2v) is 6.22. The molecular weight excluding hydrogens is 326 g/mol. The molecule has 1 aromatic carbocycles. The number of benzene rings is 1. The first-order valence-corrected chi connectivity index (χ1v) is 8.63. The van der Waals surface area contributed by atoms with E-state index in [9.17, 15) is 5.11 Å². The number of rotatable bonds is 9. The van der Waals surface area contributed by atoms with Crippen LogP contribution in [0, 0.1) is 0 Å². The summed E-state index contributed by atoms with van der Waals surface area (Å²) >= 11 is 5.21. The summed E-state index contributed by atoms with van der Waals surface area (Å²) in [6.45, 7) is 3.02. The summed E-state index contributed by atoms with van der Waals surface area (Å²) in [5.41, 5.74) is 0. The van der Waals surface area contributed by atoms with Gasteiger partial charge in [0.1, 0.15) is 18.5 Å². The maximum atomic E-state index is 9.89. The predicted octanol–water partition coefficient (Wildman–Crippen LogP) is 2.92. The van der Waals surface area contributed by atoms with Gasteiger partial charge in [-0.1, -0.05) is 28.9 Å². The van der Waals surface area contributed by atoms with Crippen LogP contribution in [0.15, 0.2) is 28.7 Å². The van der Waals surface area contributed by atoms with E-state index in [1.54, 1.807) is 0 Å². The molecule has 2 atom stereocenters. The molecule has 0 saturated heterocycles. The third-order valence-corrected chi connectivity index (χ3v) is 3.97. The van der Waals surface area contributed by atoms with Crippen LogP contribution in [0.3, 0.4) is 0 Å². The lowest BCUT2D eigenvalue weighted by molar-refractivity contribution is 0.104. The minimum absolute atomic E-state index is 0.305. The SMILES string of the molecule is CCC(CSC)NCC(O)COc1cccc(Br)c1. The van der Waals surface area contributed by atoms with E-state index in [1.807, 2.05) is 36.0 Å². The highest BCUT2D eigenvalue weighted by atomic mass is 79.9. The topological polar surface area (TPSA) is 41.5 Å². The number of hydrogen-bond donors (Lipinski definition) is 2. The molecule has 5 heteroatoms. The number of nitrogens with one attached hydrogen (secondary N) is 1. The highest BCUT2D eigenvalue weighted by molar-refractivity contribution is 9.10. The summed E-state index contributed by atoms with van der Waals surface area (Å²) in [5, 5.41) is 13.2. The molecule has 0 aliphatic rings. The first kappa shape index (κ1) is 16.8. The van der Waals surface area contributed by atoms with Crippen molar-refractivity contribution in [2.24, 2.45) is 0 Å². The average Bonchev–Trinajstić information content (AvgIpc) is 2.41. The molecule has 0 fully saturated rings. The predicted molar refractivity (Wildman–Crippen MR) is 86.1 cm³/mol. The van der Waals surface area contributed by atoms with Gasteiger partial charge in [-0.25, -0.2) is 0 Å². The molecule has 1 aromatic rings. The lowest BCUT2D eigenvalue weighted by atomic mass is 10.2. The molecule has 0 radical (unpaired) electrons. The molecule has 2 N–H and O–H groups in total. The van der Waals surface area contributed by atoms with Gasteiger partial charge in [-0.05, 0) is 30.9 Å². The zero-order valence-electron chi connectivity index (χ0n) is 11.4. The molecule has 0 saturated carbocycles. The fraction of sp³-hybridized carbons (Fsp3) is 0.571. The van der Waals surface area contributed by atoms with Crippen LogP contribution < -0.4 is 10.1 Å². The van der Waals surface area contributed by atoms with Crippen LogP contribution in [-0.2, 0) is 0 Å². The van der Waals surface area contributed by atoms with Crippen molar-refractivity contribution in [2.45, 2.75) is 25.5 Å². The Balaban J connectivity index is 2.25. The third kappa shape index (κ3) is 7.20. The van der Waals surface area contributed by atoms with Crippen molar-refractivity contribution < 1.29 is 9.84 Å². The largest absolute Gasteiger partial charge is 0.491 e. The quantitative estimate of drug-likeness (QED) is 0.720. The Bertz CT molecular complexity index is 365. The molecule has 19 heavy (non-hydrogen) atoms. The summed E-state index contributed by atoms with van der Waals surface area (Å²) in [6, 6.07) is 8.08. The smallest absolute Gasteiger partial charge is 0.120 e. The zero-order valence-corrected chi connectivity index (χ0v) is 13.8. The Morgan fingerprint density at radius 1 is 1.47 bits per heavy atom. The Morgan fingerprint density at radius 2 is 2.26 bits per heavy atom. The van der Waals surface area contributed by atoms with E-state index in [4.69, 9.17) is 4.74 Å². The Labute approximate surface area is 128 Å². The van der Waals surface area contributed by atoms with Crippen molar-refractivity contribution in [3.05, 3.63) is 28.7 Å². The Morgan fingerprint density at radius 3 is 2.89 bits per heavy atom. The van der Waals surface area contributed by atoms with Gasteiger partial charge in [0.05, 0.1) is 0 Å². The van der Waals surface area contributed by atoms with E-state index in [1.165, 1.54) is 0 Å². The number of ether oxygens (including phenoxy) is 1. The van der Waals surface area contributed by atoms with E-state index in [2.05, 4.69) is 34.4 Å². The van der Waals surface area contributed by atoms with Crippen molar-refractivity contribution in [2.75, 3.05) is 25.2 Å². The van der Waals surface area contributed by atoms with Gasteiger partial charge in [-0.2, -0.15) is 11.8 Å². The molecule has 1 rings (SSSR count). The summed E-state index contributed by atoms with van der Waals surface area (Å²) < 4.78 is 6.52. The van der Waals surface area contributed by atoms with Crippen molar-refractivity contribution >= 4 is 27.7 Å². The summed E-state index contributed by atoms with van der Waals surface area (Å²) in [6.07, 6.45) is 2.67. The molecule has 0 bridgehead atoms. The minimum Gasteiger partial charge on any atom is -0.491 e. The molecule has 108 valence electrons. The van der Waals surface area contributed by atoms with Gasteiger partial charge in [0.2, 0.25) is 0 Å². The van der Waals surface area contributed by atoms with Crippen molar-refractivity contribution in [3.63, 3.8) is 0 Å². The van der Waals surface area contributed by atoms with E-state index in [0.29, 0.717) is 19.2 Å². The fourth-order valence-corrected chi connectivity index (χ4v) is 2.77. The monoisotopic (exact) mass is 347 g/mol. The van der Waals surface area contributed by atoms with Gasteiger partial charge in [-0.3, -0.25) is 0 Å². The van der Waals surface area contributed by atoms with Gasteiger partial charge < -0.3 is 15.2 Å². The van der Waals surface area contributed by atoms with Gasteiger partial charge in [0, 0.05) is 22.8 Å². The first-order chi connectivity index (χ1) is 9.15. The maximum absolute atomic E-state index is 9.89. The third-order valence-electron chi connectivity index (χ3n) is 2.74. The molecule has 2 unspecified atom stereocenters. The Kier molecular flexibility index (Phi) is 8.53. The highest BCUT2D eigenvalue weighted by Crippen LogP contribution is 2.17. The number of thioether (sulfide) groups is 1. The molecule has 0 amide bonds. The van der Waals surface area contributed by atoms with Crippen LogP contribution >= 0.6 is 27.7 Å². The van der Waals surface area contributed by atoms with Crippen molar-refractivity contribution in [1.29, 1.82) is 0 Å². The van der Waals surface area contributed by atoms with Crippen LogP contribution in [0.1, 0.15) is 13.3 Å². The van der Waals surface area contributed by atoms with Crippen LogP contribution in [0.2, 0.25) is 0 Å². The summed E-state index contributed by atoms with van der Waals surface area (Å²) in [7, 11) is 0. The summed E-state index contributed by atoms with van der Waals surface area (Å²) in [5.74, 6) is 1.83. The molecule has 0 spiro atoms. The second kappa shape index (κ2) is 9.64. The average molecular weight is 348 g/mol. The fourth-order valence-electron chi connectivity index (χ4n) is 1.63. The number of aliphatic hydroxyl groups excluding tert-OH is 1. The second-order valence-electron chi connectivity index (χ2n) is 4.39. The normalized spacial score (nSPS) is 14.1. The van der Waals surface area contributed by atoms with Gasteiger partial charge in [0.25, 0.3) is 0 Å². The molecular formula is C14H22BrNO2S. The van der Waals surface area contributed by atoms with Crippen LogP contribution in [0.25, 0.3) is 0 Å². The van der Waals surface area contributed by atoms with E-state index in [0.717, 1.165) is 22.4 Å². The van der Waals surface area contributed by atoms with Crippen LogP contribution in [0.4, 0.5) is 0 Å². The summed E-state index contributed by atoms with van der Waals surface area (Å²) in [4.78, 5) is 0. The van der Waals surface area contributed by atoms with E-state index in [-0.39, 0.29) is 0 Å². The van der Waals surface area contributed by atoms with Crippen molar-refractivity contribution in [1.82, 2.24) is 5.32 Å². The lowest BCUT2D eigenvalue weighted by Crippen LogP contribution is -2.39. The maximum Gasteiger partial charge on any atom is 0.120 e. The molecule has 3 nitrogen and oxygen atoms in total. The van der Waals surface area contributed by atoms with E-state index >= 15 is 0 Å². The Hall–Kier alpha value is -0.230. The number of halogens is 1.